The molecule has 0 aliphatic heterocycles. The van der Waals surface area contributed by atoms with E-state index in [1.165, 1.54) is 0 Å². The van der Waals surface area contributed by atoms with Crippen molar-refractivity contribution in [1.82, 2.24) is 15.5 Å². The third-order valence-electron chi connectivity index (χ3n) is 2.29. The fourth-order valence-corrected chi connectivity index (χ4v) is 1.63. The third-order valence-corrected chi connectivity index (χ3v) is 2.29. The lowest BCUT2D eigenvalue weighted by atomic mass is 10.2. The zero-order chi connectivity index (χ0) is 15.7. The average molecular weight is 286 g/mol. The van der Waals surface area contributed by atoms with Crippen molar-refractivity contribution in [3.8, 4) is 0 Å². The first-order valence-electron chi connectivity index (χ1n) is 6.79. The van der Waals surface area contributed by atoms with Gasteiger partial charge in [-0.25, -0.2) is 4.79 Å². The van der Waals surface area contributed by atoms with Gasteiger partial charge >= 0.3 is 6.03 Å². The summed E-state index contributed by atoms with van der Waals surface area (Å²) in [5.41, 5.74) is 5.14. The lowest BCUT2D eigenvalue weighted by molar-refractivity contribution is -0.123. The fourth-order valence-electron chi connectivity index (χ4n) is 1.63. The van der Waals surface area contributed by atoms with Crippen molar-refractivity contribution < 1.29 is 14.4 Å². The van der Waals surface area contributed by atoms with Gasteiger partial charge < -0.3 is 11.1 Å². The van der Waals surface area contributed by atoms with Crippen molar-refractivity contribution in [2.75, 3.05) is 26.2 Å². The zero-order valence-electron chi connectivity index (χ0n) is 12.7. The van der Waals surface area contributed by atoms with Gasteiger partial charge in [0.05, 0.1) is 13.1 Å². The Morgan fingerprint density at radius 3 is 2.10 bits per heavy atom. The normalized spacial score (nSPS) is 10.9. The van der Waals surface area contributed by atoms with E-state index in [2.05, 4.69) is 10.6 Å². The van der Waals surface area contributed by atoms with Gasteiger partial charge in [-0.2, -0.15) is 0 Å². The van der Waals surface area contributed by atoms with Crippen LogP contribution in [0, 0.1) is 11.8 Å². The first-order chi connectivity index (χ1) is 9.20. The molecule has 0 unspecified atom stereocenters. The highest BCUT2D eigenvalue weighted by Crippen LogP contribution is 1.98. The highest BCUT2D eigenvalue weighted by Gasteiger charge is 2.16. The Hall–Kier alpha value is -1.63. The second kappa shape index (κ2) is 9.30. The molecule has 0 saturated carbocycles. The van der Waals surface area contributed by atoms with Gasteiger partial charge in [0, 0.05) is 13.1 Å². The predicted octanol–water partition coefficient (Wildman–Crippen LogP) is -0.0885. The number of rotatable bonds is 8. The maximum absolute atomic E-state index is 11.7. The summed E-state index contributed by atoms with van der Waals surface area (Å²) in [6.45, 7) is 8.89. The van der Waals surface area contributed by atoms with Gasteiger partial charge in [-0.15, -0.1) is 0 Å². The van der Waals surface area contributed by atoms with Crippen molar-refractivity contribution in [3.63, 3.8) is 0 Å². The smallest absolute Gasteiger partial charge is 0.321 e. The second-order valence-electron chi connectivity index (χ2n) is 5.68. The number of urea groups is 1. The number of amides is 4. The van der Waals surface area contributed by atoms with Gasteiger partial charge in [0.1, 0.15) is 0 Å². The van der Waals surface area contributed by atoms with Crippen LogP contribution < -0.4 is 16.4 Å². The molecule has 4 amide bonds. The summed E-state index contributed by atoms with van der Waals surface area (Å²) in [4.78, 5) is 35.7. The van der Waals surface area contributed by atoms with Crippen molar-refractivity contribution in [3.05, 3.63) is 0 Å². The van der Waals surface area contributed by atoms with Crippen LogP contribution in [0.4, 0.5) is 4.79 Å². The number of imide groups is 1. The largest absolute Gasteiger partial charge is 0.369 e. The molecule has 0 aromatic rings. The van der Waals surface area contributed by atoms with Gasteiger partial charge in [0.2, 0.25) is 11.8 Å². The van der Waals surface area contributed by atoms with Gasteiger partial charge in [0.15, 0.2) is 0 Å². The lowest BCUT2D eigenvalue weighted by Crippen LogP contribution is -2.47. The van der Waals surface area contributed by atoms with Crippen LogP contribution >= 0.6 is 0 Å². The van der Waals surface area contributed by atoms with Gasteiger partial charge in [0.25, 0.3) is 0 Å². The summed E-state index contributed by atoms with van der Waals surface area (Å²) in [6, 6.07) is -0.521. The molecule has 7 heteroatoms. The number of nitrogens with one attached hydrogen (secondary N) is 2. The van der Waals surface area contributed by atoms with E-state index in [4.69, 9.17) is 5.73 Å². The van der Waals surface area contributed by atoms with Crippen LogP contribution in [0.15, 0.2) is 0 Å². The second-order valence-corrected chi connectivity index (χ2v) is 5.68. The van der Waals surface area contributed by atoms with Crippen LogP contribution in [0.3, 0.4) is 0 Å². The Balaban J connectivity index is 4.23. The average Bonchev–Trinajstić information content (AvgIpc) is 2.23. The maximum atomic E-state index is 11.7. The Bertz CT molecular complexity index is 343. The molecule has 0 aromatic heterocycles. The first-order valence-corrected chi connectivity index (χ1v) is 6.79. The standard InChI is InChI=1S/C13H26N4O3/c1-9(2)5-15-13(20)16-12(19)8-17(6-10(3)4)7-11(14)18/h9-10H,5-8H2,1-4H3,(H2,14,18)(H2,15,16,19,20). The first kappa shape index (κ1) is 18.4. The molecule has 20 heavy (non-hydrogen) atoms. The summed E-state index contributed by atoms with van der Waals surface area (Å²) in [6.07, 6.45) is 0. The number of nitrogens with zero attached hydrogens (tertiary/aromatic N) is 1. The van der Waals surface area contributed by atoms with E-state index in [1.54, 1.807) is 4.90 Å². The molecule has 0 atom stereocenters. The number of carbonyl (C=O) groups excluding carboxylic acids is 3. The van der Waals surface area contributed by atoms with Crippen LogP contribution in [0.5, 0.6) is 0 Å². The van der Waals surface area contributed by atoms with Crippen LogP contribution in [0.1, 0.15) is 27.7 Å². The van der Waals surface area contributed by atoms with Crippen molar-refractivity contribution in [1.29, 1.82) is 0 Å². The van der Waals surface area contributed by atoms with E-state index in [0.717, 1.165) is 0 Å². The van der Waals surface area contributed by atoms with Gasteiger partial charge in [-0.05, 0) is 11.8 Å². The van der Waals surface area contributed by atoms with Crippen LogP contribution in [-0.2, 0) is 9.59 Å². The van der Waals surface area contributed by atoms with Crippen LogP contribution in [0.2, 0.25) is 0 Å². The summed E-state index contributed by atoms with van der Waals surface area (Å²) < 4.78 is 0. The van der Waals surface area contributed by atoms with Gasteiger partial charge in [-0.1, -0.05) is 27.7 Å². The summed E-state index contributed by atoms with van der Waals surface area (Å²) in [7, 11) is 0. The predicted molar refractivity (Wildman–Crippen MR) is 76.9 cm³/mol. The highest BCUT2D eigenvalue weighted by atomic mass is 16.2. The molecule has 0 rings (SSSR count). The summed E-state index contributed by atoms with van der Waals surface area (Å²) in [5, 5.41) is 4.82. The SMILES string of the molecule is CC(C)CNC(=O)NC(=O)CN(CC(N)=O)CC(C)C. The van der Waals surface area contributed by atoms with Crippen molar-refractivity contribution in [2.24, 2.45) is 17.6 Å². The highest BCUT2D eigenvalue weighted by molar-refractivity contribution is 5.95. The Morgan fingerprint density at radius 1 is 1.05 bits per heavy atom. The number of hydrogen-bond acceptors (Lipinski definition) is 4. The van der Waals surface area contributed by atoms with Crippen molar-refractivity contribution >= 4 is 17.8 Å². The molecular formula is C13H26N4O3. The van der Waals surface area contributed by atoms with Gasteiger partial charge in [-0.3, -0.25) is 19.8 Å². The number of primary amides is 1. The minimum absolute atomic E-state index is 0.000781. The molecule has 0 aliphatic rings. The molecule has 0 fully saturated rings. The quantitative estimate of drug-likeness (QED) is 0.580. The molecule has 7 nitrogen and oxygen atoms in total. The molecular weight excluding hydrogens is 260 g/mol. The maximum Gasteiger partial charge on any atom is 0.321 e. The fraction of sp³-hybridized carbons (Fsp3) is 0.769. The molecule has 4 N–H and O–H groups in total. The minimum atomic E-state index is -0.521. The molecule has 0 heterocycles. The molecule has 0 aromatic carbocycles. The van der Waals surface area contributed by atoms with E-state index in [0.29, 0.717) is 19.0 Å². The zero-order valence-corrected chi connectivity index (χ0v) is 12.7. The number of carbonyl (C=O) groups is 3. The summed E-state index contributed by atoms with van der Waals surface area (Å²) >= 11 is 0. The Morgan fingerprint density at radius 2 is 1.65 bits per heavy atom. The third kappa shape index (κ3) is 10.3. The van der Waals surface area contributed by atoms with E-state index in [1.807, 2.05) is 27.7 Å². The van der Waals surface area contributed by atoms with E-state index in [-0.39, 0.29) is 19.0 Å². The number of nitrogens with two attached hydrogens (primary N) is 1. The Labute approximate surface area is 120 Å². The molecule has 0 saturated heterocycles. The minimum Gasteiger partial charge on any atom is -0.369 e. The monoisotopic (exact) mass is 286 g/mol. The van der Waals surface area contributed by atoms with E-state index >= 15 is 0 Å². The topological polar surface area (TPSA) is 105 Å². The summed E-state index contributed by atoms with van der Waals surface area (Å²) in [5.74, 6) is -0.351. The molecule has 0 radical (unpaired) electrons. The van der Waals surface area contributed by atoms with E-state index < -0.39 is 17.8 Å². The Kier molecular flexibility index (Phi) is 8.54. The molecule has 0 aliphatic carbocycles. The van der Waals surface area contributed by atoms with Crippen LogP contribution in [0.25, 0.3) is 0 Å². The van der Waals surface area contributed by atoms with Crippen LogP contribution in [-0.4, -0.2) is 48.9 Å². The molecule has 0 spiro atoms. The van der Waals surface area contributed by atoms with Crippen molar-refractivity contribution in [2.45, 2.75) is 27.7 Å². The molecule has 116 valence electrons. The number of hydrogen-bond donors (Lipinski definition) is 3. The van der Waals surface area contributed by atoms with E-state index in [9.17, 15) is 14.4 Å². The molecule has 0 bridgehead atoms. The lowest BCUT2D eigenvalue weighted by Gasteiger charge is -2.21.